The van der Waals surface area contributed by atoms with Crippen molar-refractivity contribution in [2.24, 2.45) is 0 Å². The van der Waals surface area contributed by atoms with Gasteiger partial charge in [-0.05, 0) is 67.3 Å². The van der Waals surface area contributed by atoms with Crippen molar-refractivity contribution in [3.63, 3.8) is 0 Å². The number of hydrogen-bond acceptors (Lipinski definition) is 4. The molecule has 0 bridgehead atoms. The molecule has 0 aliphatic rings. The maximum atomic E-state index is 12.6. The highest BCUT2D eigenvalue weighted by molar-refractivity contribution is 5.92. The Hall–Kier alpha value is -3.21. The van der Waals surface area contributed by atoms with Gasteiger partial charge in [0.2, 0.25) is 0 Å². The molecular formula is C22H24N4O. The van der Waals surface area contributed by atoms with Gasteiger partial charge in [-0.25, -0.2) is 4.98 Å². The van der Waals surface area contributed by atoms with Gasteiger partial charge in [-0.15, -0.1) is 0 Å². The molecule has 0 aliphatic carbocycles. The molecule has 0 radical (unpaired) electrons. The molecule has 1 amide bonds. The van der Waals surface area contributed by atoms with Crippen molar-refractivity contribution >= 4 is 17.3 Å². The Bertz CT molecular complexity index is 907. The van der Waals surface area contributed by atoms with Crippen LogP contribution in [-0.4, -0.2) is 34.4 Å². The van der Waals surface area contributed by atoms with Crippen molar-refractivity contribution in [3.8, 4) is 0 Å². The topological polar surface area (TPSA) is 58.1 Å². The summed E-state index contributed by atoms with van der Waals surface area (Å²) in [7, 11) is 1.80. The van der Waals surface area contributed by atoms with E-state index >= 15 is 0 Å². The molecule has 0 saturated heterocycles. The van der Waals surface area contributed by atoms with E-state index in [-0.39, 0.29) is 5.91 Å². The minimum absolute atomic E-state index is 0.0812. The molecule has 0 aliphatic heterocycles. The van der Waals surface area contributed by atoms with Gasteiger partial charge in [0.1, 0.15) is 5.69 Å². The lowest BCUT2D eigenvalue weighted by molar-refractivity contribution is 0.0791. The molecule has 5 heteroatoms. The maximum absolute atomic E-state index is 12.6. The van der Waals surface area contributed by atoms with E-state index in [1.54, 1.807) is 36.6 Å². The Morgan fingerprint density at radius 1 is 1.07 bits per heavy atom. The van der Waals surface area contributed by atoms with Gasteiger partial charge in [0.25, 0.3) is 5.91 Å². The highest BCUT2D eigenvalue weighted by atomic mass is 16.2. The van der Waals surface area contributed by atoms with Crippen LogP contribution in [0.3, 0.4) is 0 Å². The smallest absolute Gasteiger partial charge is 0.272 e. The third-order valence-corrected chi connectivity index (χ3v) is 4.70. The number of nitrogens with zero attached hydrogens (tertiary/aromatic N) is 3. The van der Waals surface area contributed by atoms with Gasteiger partial charge >= 0.3 is 0 Å². The summed E-state index contributed by atoms with van der Waals surface area (Å²) in [5.41, 5.74) is 5.94. The molecule has 1 aromatic carbocycles. The normalized spacial score (nSPS) is 10.5. The van der Waals surface area contributed by atoms with Gasteiger partial charge < -0.3 is 10.2 Å². The fourth-order valence-electron chi connectivity index (χ4n) is 2.78. The summed E-state index contributed by atoms with van der Waals surface area (Å²) in [4.78, 5) is 22.6. The van der Waals surface area contributed by atoms with E-state index in [9.17, 15) is 4.79 Å². The summed E-state index contributed by atoms with van der Waals surface area (Å²) in [5, 5.41) is 3.36. The predicted octanol–water partition coefficient (Wildman–Crippen LogP) is 4.15. The number of rotatable bonds is 6. The van der Waals surface area contributed by atoms with Crippen molar-refractivity contribution in [2.75, 3.05) is 18.9 Å². The standard InChI is InChI=1S/C22H24N4O/c1-16-5-4-6-20(17(16)2)25-19-7-8-21(24-15-19)22(27)26(3)14-11-18-9-12-23-13-10-18/h4-10,12-13,15,25H,11,14H2,1-3H3. The molecule has 1 N–H and O–H groups in total. The number of amides is 1. The molecule has 2 aromatic heterocycles. The number of benzene rings is 1. The summed E-state index contributed by atoms with van der Waals surface area (Å²) in [6, 6.07) is 13.7. The zero-order valence-electron chi connectivity index (χ0n) is 15.9. The molecule has 0 unspecified atom stereocenters. The summed E-state index contributed by atoms with van der Waals surface area (Å²) >= 11 is 0. The number of nitrogens with one attached hydrogen (secondary N) is 1. The van der Waals surface area contributed by atoms with Gasteiger partial charge in [0, 0.05) is 31.7 Å². The predicted molar refractivity (Wildman–Crippen MR) is 108 cm³/mol. The van der Waals surface area contributed by atoms with Crippen LogP contribution in [0.2, 0.25) is 0 Å². The second-order valence-electron chi connectivity index (χ2n) is 6.64. The van der Waals surface area contributed by atoms with Crippen LogP contribution in [-0.2, 0) is 6.42 Å². The molecule has 0 fully saturated rings. The Labute approximate surface area is 160 Å². The largest absolute Gasteiger partial charge is 0.354 e. The number of aryl methyl sites for hydroxylation is 1. The number of pyridine rings is 2. The molecule has 3 rings (SSSR count). The average molecular weight is 360 g/mol. The van der Waals surface area contributed by atoms with E-state index in [4.69, 9.17) is 0 Å². The molecule has 0 saturated carbocycles. The van der Waals surface area contributed by atoms with Gasteiger partial charge in [0.15, 0.2) is 0 Å². The fraction of sp³-hybridized carbons (Fsp3) is 0.227. The van der Waals surface area contributed by atoms with Crippen LogP contribution < -0.4 is 5.32 Å². The first-order valence-electron chi connectivity index (χ1n) is 8.98. The van der Waals surface area contributed by atoms with Crippen molar-refractivity contribution in [1.29, 1.82) is 0 Å². The summed E-state index contributed by atoms with van der Waals surface area (Å²) in [6.45, 7) is 4.80. The van der Waals surface area contributed by atoms with Crippen LogP contribution in [0, 0.1) is 13.8 Å². The van der Waals surface area contributed by atoms with Crippen molar-refractivity contribution in [2.45, 2.75) is 20.3 Å². The molecule has 27 heavy (non-hydrogen) atoms. The molecule has 138 valence electrons. The Balaban J connectivity index is 1.62. The van der Waals surface area contributed by atoms with Crippen LogP contribution in [0.25, 0.3) is 0 Å². The van der Waals surface area contributed by atoms with Crippen molar-refractivity contribution in [3.05, 3.63) is 83.4 Å². The molecule has 2 heterocycles. The monoisotopic (exact) mass is 360 g/mol. The first-order chi connectivity index (χ1) is 13.0. The van der Waals surface area contributed by atoms with E-state index < -0.39 is 0 Å². The SMILES string of the molecule is Cc1cccc(Nc2ccc(C(=O)N(C)CCc3ccncc3)nc2)c1C. The number of likely N-dealkylation sites (N-methyl/N-ethyl adjacent to an activating group) is 1. The van der Waals surface area contributed by atoms with Gasteiger partial charge in [0.05, 0.1) is 11.9 Å². The van der Waals surface area contributed by atoms with Crippen LogP contribution in [0.5, 0.6) is 0 Å². The van der Waals surface area contributed by atoms with Crippen molar-refractivity contribution in [1.82, 2.24) is 14.9 Å². The van der Waals surface area contributed by atoms with Crippen LogP contribution >= 0.6 is 0 Å². The van der Waals surface area contributed by atoms with E-state index in [1.807, 2.05) is 30.3 Å². The second kappa shape index (κ2) is 8.45. The number of anilines is 2. The lowest BCUT2D eigenvalue weighted by Crippen LogP contribution is -2.29. The van der Waals surface area contributed by atoms with Gasteiger partial charge in [-0.1, -0.05) is 12.1 Å². The van der Waals surface area contributed by atoms with Crippen LogP contribution in [0.4, 0.5) is 11.4 Å². The number of carbonyl (C=O) groups is 1. The zero-order chi connectivity index (χ0) is 19.2. The highest BCUT2D eigenvalue weighted by Crippen LogP contribution is 2.22. The average Bonchev–Trinajstić information content (AvgIpc) is 2.70. The first-order valence-corrected chi connectivity index (χ1v) is 8.98. The second-order valence-corrected chi connectivity index (χ2v) is 6.64. The van der Waals surface area contributed by atoms with E-state index in [2.05, 4.69) is 35.2 Å². The minimum Gasteiger partial charge on any atom is -0.354 e. The molecule has 5 nitrogen and oxygen atoms in total. The number of aromatic nitrogens is 2. The minimum atomic E-state index is -0.0812. The third-order valence-electron chi connectivity index (χ3n) is 4.70. The van der Waals surface area contributed by atoms with Gasteiger partial charge in [-0.2, -0.15) is 0 Å². The Kier molecular flexibility index (Phi) is 5.81. The van der Waals surface area contributed by atoms with E-state index in [1.165, 1.54) is 11.1 Å². The quantitative estimate of drug-likeness (QED) is 0.717. The van der Waals surface area contributed by atoms with Crippen LogP contribution in [0.1, 0.15) is 27.2 Å². The van der Waals surface area contributed by atoms with Crippen molar-refractivity contribution < 1.29 is 4.79 Å². The number of hydrogen-bond donors (Lipinski definition) is 1. The molecule has 0 spiro atoms. The Morgan fingerprint density at radius 2 is 1.85 bits per heavy atom. The zero-order valence-corrected chi connectivity index (χ0v) is 15.9. The molecule has 3 aromatic rings. The number of carbonyl (C=O) groups excluding carboxylic acids is 1. The summed E-state index contributed by atoms with van der Waals surface area (Å²) in [6.07, 6.45) is 6.02. The molecule has 0 atom stereocenters. The third kappa shape index (κ3) is 4.70. The fourth-order valence-corrected chi connectivity index (χ4v) is 2.78. The first kappa shape index (κ1) is 18.6. The van der Waals surface area contributed by atoms with E-state index in [0.29, 0.717) is 12.2 Å². The lowest BCUT2D eigenvalue weighted by atomic mass is 10.1. The lowest BCUT2D eigenvalue weighted by Gasteiger charge is -2.17. The Morgan fingerprint density at radius 3 is 2.56 bits per heavy atom. The van der Waals surface area contributed by atoms with Gasteiger partial charge in [-0.3, -0.25) is 9.78 Å². The van der Waals surface area contributed by atoms with E-state index in [0.717, 1.165) is 23.4 Å². The maximum Gasteiger partial charge on any atom is 0.272 e. The highest BCUT2D eigenvalue weighted by Gasteiger charge is 2.13. The summed E-state index contributed by atoms with van der Waals surface area (Å²) < 4.78 is 0. The van der Waals surface area contributed by atoms with Crippen LogP contribution in [0.15, 0.2) is 61.1 Å². The molecular weight excluding hydrogens is 336 g/mol. The summed E-state index contributed by atoms with van der Waals surface area (Å²) in [5.74, 6) is -0.0812.